The number of nitrogens with zero attached hydrogens (tertiary/aromatic N) is 1. The molecule has 0 fully saturated rings. The van der Waals surface area contributed by atoms with E-state index in [0.717, 1.165) is 32.1 Å². The number of aliphatic hydroxyl groups is 1. The fraction of sp³-hybridized carbons (Fsp3) is 0.513. The second kappa shape index (κ2) is 16.1. The van der Waals surface area contributed by atoms with E-state index in [9.17, 15) is 5.11 Å². The second-order valence-corrected chi connectivity index (χ2v) is 13.7. The molecule has 2 heteroatoms. The van der Waals surface area contributed by atoms with Crippen LogP contribution >= 0.6 is 0 Å². The Kier molecular flexibility index (Phi) is 13.5. The Hall–Kier alpha value is -2.71. The molecular weight excluding hydrogens is 498 g/mol. The lowest BCUT2D eigenvalue weighted by Crippen LogP contribution is -2.31. The van der Waals surface area contributed by atoms with Crippen LogP contribution in [0.25, 0.3) is 0 Å². The maximum absolute atomic E-state index is 10.1. The highest BCUT2D eigenvalue weighted by molar-refractivity contribution is 5.78. The first kappa shape index (κ1) is 34.5. The summed E-state index contributed by atoms with van der Waals surface area (Å²) in [5.74, 6) is 0. The summed E-state index contributed by atoms with van der Waals surface area (Å²) in [6.07, 6.45) is 31.7. The van der Waals surface area contributed by atoms with Gasteiger partial charge in [-0.25, -0.2) is 0 Å². The van der Waals surface area contributed by atoms with Gasteiger partial charge in [0.2, 0.25) is 0 Å². The standard InChI is InChI=1S/C39H57NO/c1-29(18-13-20-31(3)23-24-36-34(6)26-35(41)27-39(36,9)10)16-11-12-17-30(2)19-14-21-32(4)28-40-37-33(5)22-15-25-38(37,7)8/h11-14,16-22,28,35,37,41H,15,23-27H2,1-10H3/b12-11+,18-13+,19-14+,29-16+,30-17+,31-20+,32-21+,40-28+/t35-,37?/m0/s1. The fourth-order valence-corrected chi connectivity index (χ4v) is 6.13. The van der Waals surface area contributed by atoms with Crippen molar-refractivity contribution in [3.8, 4) is 0 Å². The maximum Gasteiger partial charge on any atom is 0.0757 e. The SMILES string of the molecule is CC1=CCCC(C)(C)C1/N=C/C(C)=C/C=C/C(C)=C/C=C/C=C(C)/C=C/C=C(\C)CCC1=C(C)C[C@H](O)CC1(C)C. The second-order valence-electron chi connectivity index (χ2n) is 13.7. The van der Waals surface area contributed by atoms with Gasteiger partial charge in [-0.15, -0.1) is 0 Å². The van der Waals surface area contributed by atoms with E-state index in [1.54, 1.807) is 0 Å². The molecule has 2 aliphatic rings. The average Bonchev–Trinajstić information content (AvgIpc) is 2.84. The molecule has 2 rings (SSSR count). The topological polar surface area (TPSA) is 32.6 Å². The summed E-state index contributed by atoms with van der Waals surface area (Å²) in [6, 6.07) is 0.277. The van der Waals surface area contributed by atoms with Gasteiger partial charge in [0.15, 0.2) is 0 Å². The minimum atomic E-state index is -0.189. The van der Waals surface area contributed by atoms with Crippen molar-refractivity contribution in [1.82, 2.24) is 0 Å². The number of hydrogen-bond donors (Lipinski definition) is 1. The molecule has 41 heavy (non-hydrogen) atoms. The van der Waals surface area contributed by atoms with Crippen LogP contribution in [-0.4, -0.2) is 23.5 Å². The Morgan fingerprint density at radius 1 is 0.878 bits per heavy atom. The zero-order valence-corrected chi connectivity index (χ0v) is 27.7. The first-order chi connectivity index (χ1) is 19.2. The van der Waals surface area contributed by atoms with Crippen molar-refractivity contribution in [3.05, 3.63) is 106 Å². The van der Waals surface area contributed by atoms with Crippen LogP contribution in [-0.2, 0) is 0 Å². The molecule has 0 aliphatic heterocycles. The number of rotatable bonds is 11. The molecule has 224 valence electrons. The minimum Gasteiger partial charge on any atom is -0.393 e. The molecular formula is C39H57NO. The number of hydrogen-bond acceptors (Lipinski definition) is 2. The monoisotopic (exact) mass is 555 g/mol. The van der Waals surface area contributed by atoms with Crippen molar-refractivity contribution >= 4 is 6.21 Å². The van der Waals surface area contributed by atoms with Gasteiger partial charge in [0, 0.05) is 6.21 Å². The molecule has 0 amide bonds. The predicted octanol–water partition coefficient (Wildman–Crippen LogP) is 10.9. The predicted molar refractivity (Wildman–Crippen MR) is 182 cm³/mol. The Bertz CT molecular complexity index is 1200. The molecule has 0 heterocycles. The minimum absolute atomic E-state index is 0.0969. The van der Waals surface area contributed by atoms with Crippen molar-refractivity contribution in [2.24, 2.45) is 15.8 Å². The Balaban J connectivity index is 1.84. The third kappa shape index (κ3) is 12.0. The number of aliphatic hydroxyl groups excluding tert-OH is 1. The Morgan fingerprint density at radius 2 is 1.46 bits per heavy atom. The van der Waals surface area contributed by atoms with E-state index >= 15 is 0 Å². The smallest absolute Gasteiger partial charge is 0.0757 e. The average molecular weight is 556 g/mol. The normalized spacial score (nSPS) is 24.9. The first-order valence-corrected chi connectivity index (χ1v) is 15.5. The van der Waals surface area contributed by atoms with Gasteiger partial charge in [0.25, 0.3) is 0 Å². The van der Waals surface area contributed by atoms with E-state index in [1.807, 2.05) is 6.21 Å². The first-order valence-electron chi connectivity index (χ1n) is 15.5. The lowest BCUT2D eigenvalue weighted by molar-refractivity contribution is 0.113. The van der Waals surface area contributed by atoms with Crippen LogP contribution in [0.5, 0.6) is 0 Å². The summed E-state index contributed by atoms with van der Waals surface area (Å²) in [5, 5.41) is 10.1. The van der Waals surface area contributed by atoms with Crippen molar-refractivity contribution in [2.75, 3.05) is 0 Å². The van der Waals surface area contributed by atoms with Crippen molar-refractivity contribution in [3.63, 3.8) is 0 Å². The van der Waals surface area contributed by atoms with Crippen LogP contribution in [0.2, 0.25) is 0 Å². The van der Waals surface area contributed by atoms with Crippen molar-refractivity contribution in [1.29, 1.82) is 0 Å². The highest BCUT2D eigenvalue weighted by Gasteiger charge is 2.33. The molecule has 0 bridgehead atoms. The number of allylic oxidation sites excluding steroid dienone is 16. The van der Waals surface area contributed by atoms with Gasteiger partial charge in [-0.2, -0.15) is 0 Å². The van der Waals surface area contributed by atoms with Gasteiger partial charge in [0.05, 0.1) is 12.1 Å². The molecule has 2 atom stereocenters. The van der Waals surface area contributed by atoms with Crippen molar-refractivity contribution < 1.29 is 5.11 Å². The van der Waals surface area contributed by atoms with E-state index < -0.39 is 0 Å². The summed E-state index contributed by atoms with van der Waals surface area (Å²) in [4.78, 5) is 4.91. The van der Waals surface area contributed by atoms with Crippen LogP contribution in [0.3, 0.4) is 0 Å². The van der Waals surface area contributed by atoms with Gasteiger partial charge in [0.1, 0.15) is 0 Å². The molecule has 0 aromatic carbocycles. The molecule has 1 N–H and O–H groups in total. The molecule has 0 aromatic rings. The van der Waals surface area contributed by atoms with Crippen molar-refractivity contribution in [2.45, 2.75) is 120 Å². The summed E-state index contributed by atoms with van der Waals surface area (Å²) < 4.78 is 0. The van der Waals surface area contributed by atoms with E-state index in [1.165, 1.54) is 45.4 Å². The third-order valence-electron chi connectivity index (χ3n) is 8.53. The lowest BCUT2D eigenvalue weighted by atomic mass is 9.70. The highest BCUT2D eigenvalue weighted by atomic mass is 16.3. The summed E-state index contributed by atoms with van der Waals surface area (Å²) in [5.41, 5.74) is 9.60. The van der Waals surface area contributed by atoms with Gasteiger partial charge in [-0.05, 0) is 96.5 Å². The highest BCUT2D eigenvalue weighted by Crippen LogP contribution is 2.43. The Labute approximate surface area is 252 Å². The molecule has 0 saturated carbocycles. The molecule has 0 spiro atoms. The van der Waals surface area contributed by atoms with Crippen LogP contribution in [0.4, 0.5) is 0 Å². The molecule has 2 aliphatic carbocycles. The zero-order chi connectivity index (χ0) is 30.6. The van der Waals surface area contributed by atoms with Crippen LogP contribution in [0.15, 0.2) is 111 Å². The molecule has 0 saturated heterocycles. The summed E-state index contributed by atoms with van der Waals surface area (Å²) in [6.45, 7) is 22.2. The largest absolute Gasteiger partial charge is 0.393 e. The van der Waals surface area contributed by atoms with Gasteiger partial charge in [-0.3, -0.25) is 4.99 Å². The quantitative estimate of drug-likeness (QED) is 0.153. The molecule has 0 aromatic heterocycles. The summed E-state index contributed by atoms with van der Waals surface area (Å²) in [7, 11) is 0. The van der Waals surface area contributed by atoms with E-state index in [4.69, 9.17) is 4.99 Å². The molecule has 2 nitrogen and oxygen atoms in total. The third-order valence-corrected chi connectivity index (χ3v) is 8.53. The molecule has 0 radical (unpaired) electrons. The van der Waals surface area contributed by atoms with Gasteiger partial charge in [-0.1, -0.05) is 128 Å². The summed E-state index contributed by atoms with van der Waals surface area (Å²) >= 11 is 0. The van der Waals surface area contributed by atoms with E-state index in [0.29, 0.717) is 0 Å². The van der Waals surface area contributed by atoms with Gasteiger partial charge >= 0.3 is 0 Å². The molecule has 1 unspecified atom stereocenters. The van der Waals surface area contributed by atoms with Crippen LogP contribution in [0, 0.1) is 10.8 Å². The van der Waals surface area contributed by atoms with E-state index in [2.05, 4.69) is 136 Å². The Morgan fingerprint density at radius 3 is 2.05 bits per heavy atom. The van der Waals surface area contributed by atoms with Crippen LogP contribution in [0.1, 0.15) is 108 Å². The number of aliphatic imine (C=N–C) groups is 1. The lowest BCUT2D eigenvalue weighted by Gasteiger charge is -2.37. The fourth-order valence-electron chi connectivity index (χ4n) is 6.13. The van der Waals surface area contributed by atoms with Crippen LogP contribution < -0.4 is 0 Å². The van der Waals surface area contributed by atoms with Gasteiger partial charge < -0.3 is 5.11 Å². The zero-order valence-electron chi connectivity index (χ0n) is 27.7. The van der Waals surface area contributed by atoms with E-state index in [-0.39, 0.29) is 23.0 Å². The maximum atomic E-state index is 10.1.